The van der Waals surface area contributed by atoms with Gasteiger partial charge < -0.3 is 15.0 Å². The summed E-state index contributed by atoms with van der Waals surface area (Å²) in [6, 6.07) is 6.96. The van der Waals surface area contributed by atoms with Gasteiger partial charge in [-0.1, -0.05) is 17.7 Å². The van der Waals surface area contributed by atoms with Gasteiger partial charge in [0.25, 0.3) is 0 Å². The van der Waals surface area contributed by atoms with Gasteiger partial charge >= 0.3 is 6.18 Å². The Kier molecular flexibility index (Phi) is 7.87. The van der Waals surface area contributed by atoms with Crippen molar-refractivity contribution < 1.29 is 17.9 Å². The molecule has 0 spiro atoms. The Balaban J connectivity index is 1.70. The van der Waals surface area contributed by atoms with Gasteiger partial charge in [0.2, 0.25) is 0 Å². The number of ether oxygens (including phenoxy) is 1. The van der Waals surface area contributed by atoms with Crippen LogP contribution >= 0.6 is 23.8 Å². The molecule has 1 aromatic heterocycles. The van der Waals surface area contributed by atoms with Crippen molar-refractivity contribution >= 4 is 34.6 Å². The zero-order valence-corrected chi connectivity index (χ0v) is 17.7. The molecule has 0 bridgehead atoms. The maximum absolute atomic E-state index is 12.9. The van der Waals surface area contributed by atoms with Gasteiger partial charge in [-0.25, -0.2) is 0 Å². The summed E-state index contributed by atoms with van der Waals surface area (Å²) >= 11 is 11.6. The summed E-state index contributed by atoms with van der Waals surface area (Å²) in [7, 11) is 0. The van der Waals surface area contributed by atoms with E-state index in [1.54, 1.807) is 12.4 Å². The first-order valence-electron chi connectivity index (χ1n) is 9.44. The predicted molar refractivity (Wildman–Crippen MR) is 115 cm³/mol. The van der Waals surface area contributed by atoms with Gasteiger partial charge in [-0.2, -0.15) is 13.2 Å². The van der Waals surface area contributed by atoms with Gasteiger partial charge in [-0.15, -0.1) is 0 Å². The standard InChI is InChI=1S/C20H22ClF3N4OS/c21-17-12-16(20(22,23)24)3-4-18(17)26-19(30)28(14-15-2-1-5-25-13-15)7-6-27-8-10-29-11-9-27/h1-5,12-13H,6-11,14H2,(H,26,30). The molecule has 5 nitrogen and oxygen atoms in total. The van der Waals surface area contributed by atoms with Crippen LogP contribution in [-0.2, 0) is 17.5 Å². The zero-order chi connectivity index (χ0) is 21.6. The summed E-state index contributed by atoms with van der Waals surface area (Å²) in [5.74, 6) is 0. The minimum Gasteiger partial charge on any atom is -0.379 e. The molecule has 3 rings (SSSR count). The van der Waals surface area contributed by atoms with E-state index in [-0.39, 0.29) is 5.02 Å². The Hall–Kier alpha value is -1.94. The Labute approximate surface area is 183 Å². The third-order valence-electron chi connectivity index (χ3n) is 4.71. The highest BCUT2D eigenvalue weighted by Gasteiger charge is 2.31. The molecular formula is C20H22ClF3N4OS. The van der Waals surface area contributed by atoms with Crippen molar-refractivity contribution in [3.63, 3.8) is 0 Å². The smallest absolute Gasteiger partial charge is 0.379 e. The molecular weight excluding hydrogens is 437 g/mol. The summed E-state index contributed by atoms with van der Waals surface area (Å²) in [5.41, 5.74) is 0.503. The van der Waals surface area contributed by atoms with Crippen LogP contribution in [0.15, 0.2) is 42.7 Å². The van der Waals surface area contributed by atoms with Crippen LogP contribution < -0.4 is 5.32 Å². The number of benzene rings is 1. The fourth-order valence-electron chi connectivity index (χ4n) is 3.04. The summed E-state index contributed by atoms with van der Waals surface area (Å²) in [6.45, 7) is 5.05. The monoisotopic (exact) mass is 458 g/mol. The Morgan fingerprint density at radius 3 is 2.67 bits per heavy atom. The maximum atomic E-state index is 12.9. The lowest BCUT2D eigenvalue weighted by atomic mass is 10.2. The van der Waals surface area contributed by atoms with Crippen molar-refractivity contribution in [1.29, 1.82) is 0 Å². The molecule has 1 N–H and O–H groups in total. The zero-order valence-electron chi connectivity index (χ0n) is 16.2. The lowest BCUT2D eigenvalue weighted by Gasteiger charge is -2.31. The van der Waals surface area contributed by atoms with Crippen LogP contribution in [0.2, 0.25) is 5.02 Å². The molecule has 0 amide bonds. The normalized spacial score (nSPS) is 15.1. The number of nitrogens with zero attached hydrogens (tertiary/aromatic N) is 3. The van der Waals surface area contributed by atoms with E-state index in [1.807, 2.05) is 17.0 Å². The molecule has 162 valence electrons. The summed E-state index contributed by atoms with van der Waals surface area (Å²) in [6.07, 6.45) is -0.997. The Bertz CT molecular complexity index is 848. The van der Waals surface area contributed by atoms with Crippen LogP contribution in [0.25, 0.3) is 0 Å². The molecule has 0 radical (unpaired) electrons. The van der Waals surface area contributed by atoms with Crippen molar-refractivity contribution in [2.45, 2.75) is 12.7 Å². The molecule has 2 aromatic rings. The molecule has 1 aliphatic heterocycles. The number of alkyl halides is 3. The van der Waals surface area contributed by atoms with Crippen molar-refractivity contribution in [3.05, 3.63) is 58.9 Å². The van der Waals surface area contributed by atoms with Gasteiger partial charge in [0, 0.05) is 45.1 Å². The highest BCUT2D eigenvalue weighted by molar-refractivity contribution is 7.80. The number of pyridine rings is 1. The van der Waals surface area contributed by atoms with E-state index in [1.165, 1.54) is 6.07 Å². The maximum Gasteiger partial charge on any atom is 0.416 e. The predicted octanol–water partition coefficient (Wildman–Crippen LogP) is 4.29. The average molecular weight is 459 g/mol. The third kappa shape index (κ3) is 6.53. The molecule has 2 heterocycles. The highest BCUT2D eigenvalue weighted by atomic mass is 35.5. The van der Waals surface area contributed by atoms with E-state index in [0.29, 0.717) is 37.1 Å². The van der Waals surface area contributed by atoms with E-state index in [0.717, 1.165) is 37.3 Å². The molecule has 0 unspecified atom stereocenters. The van der Waals surface area contributed by atoms with E-state index >= 15 is 0 Å². The Morgan fingerprint density at radius 2 is 2.03 bits per heavy atom. The molecule has 30 heavy (non-hydrogen) atoms. The van der Waals surface area contributed by atoms with E-state index in [2.05, 4.69) is 15.2 Å². The Morgan fingerprint density at radius 1 is 1.27 bits per heavy atom. The van der Waals surface area contributed by atoms with Crippen LogP contribution in [0.1, 0.15) is 11.1 Å². The topological polar surface area (TPSA) is 40.6 Å². The van der Waals surface area contributed by atoms with Gasteiger partial charge in [-0.3, -0.25) is 9.88 Å². The quantitative estimate of drug-likeness (QED) is 0.651. The van der Waals surface area contributed by atoms with E-state index < -0.39 is 11.7 Å². The largest absolute Gasteiger partial charge is 0.416 e. The van der Waals surface area contributed by atoms with Crippen molar-refractivity contribution in [2.75, 3.05) is 44.7 Å². The van der Waals surface area contributed by atoms with E-state index in [9.17, 15) is 13.2 Å². The van der Waals surface area contributed by atoms with Crippen LogP contribution in [0.3, 0.4) is 0 Å². The third-order valence-corrected chi connectivity index (χ3v) is 5.38. The number of thiocarbonyl (C=S) groups is 1. The van der Waals surface area contributed by atoms with Crippen molar-refractivity contribution in [2.24, 2.45) is 0 Å². The number of anilines is 1. The number of morpholine rings is 1. The fourth-order valence-corrected chi connectivity index (χ4v) is 3.53. The first-order chi connectivity index (χ1) is 14.3. The first kappa shape index (κ1) is 22.7. The molecule has 1 aromatic carbocycles. The first-order valence-corrected chi connectivity index (χ1v) is 10.2. The summed E-state index contributed by atoms with van der Waals surface area (Å²) in [5, 5.41) is 3.33. The molecule has 0 atom stereocenters. The number of halogens is 4. The van der Waals surface area contributed by atoms with Crippen molar-refractivity contribution in [3.8, 4) is 0 Å². The average Bonchev–Trinajstić information content (AvgIpc) is 2.73. The van der Waals surface area contributed by atoms with Crippen LogP contribution in [0.5, 0.6) is 0 Å². The minimum absolute atomic E-state index is 0.0401. The minimum atomic E-state index is -4.45. The second kappa shape index (κ2) is 10.4. The van der Waals surface area contributed by atoms with Crippen LogP contribution in [0.4, 0.5) is 18.9 Å². The molecule has 1 saturated heterocycles. The molecule has 1 fully saturated rings. The van der Waals surface area contributed by atoms with Crippen LogP contribution in [0, 0.1) is 0 Å². The van der Waals surface area contributed by atoms with Gasteiger partial charge in [0.1, 0.15) is 0 Å². The molecule has 0 aliphatic carbocycles. The van der Waals surface area contributed by atoms with Gasteiger partial charge in [0.05, 0.1) is 29.5 Å². The fraction of sp³-hybridized carbons (Fsp3) is 0.400. The van der Waals surface area contributed by atoms with Crippen LogP contribution in [-0.4, -0.2) is 59.3 Å². The second-order valence-corrected chi connectivity index (χ2v) is 7.65. The number of aromatic nitrogens is 1. The molecule has 1 aliphatic rings. The number of hydrogen-bond acceptors (Lipinski definition) is 4. The van der Waals surface area contributed by atoms with Gasteiger partial charge in [0.15, 0.2) is 5.11 Å². The summed E-state index contributed by atoms with van der Waals surface area (Å²) < 4.78 is 44.0. The number of rotatable bonds is 6. The van der Waals surface area contributed by atoms with E-state index in [4.69, 9.17) is 28.6 Å². The lowest BCUT2D eigenvalue weighted by Crippen LogP contribution is -2.44. The molecule has 0 saturated carbocycles. The highest BCUT2D eigenvalue weighted by Crippen LogP contribution is 2.33. The summed E-state index contributed by atoms with van der Waals surface area (Å²) in [4.78, 5) is 8.37. The second-order valence-electron chi connectivity index (χ2n) is 6.86. The van der Waals surface area contributed by atoms with Crippen molar-refractivity contribution in [1.82, 2.24) is 14.8 Å². The SMILES string of the molecule is FC(F)(F)c1ccc(NC(=S)N(CCN2CCOCC2)Cc2cccnc2)c(Cl)c1. The van der Waals surface area contributed by atoms with Gasteiger partial charge in [-0.05, 0) is 42.0 Å². The lowest BCUT2D eigenvalue weighted by molar-refractivity contribution is -0.137. The number of nitrogens with one attached hydrogen (secondary N) is 1. The molecule has 10 heteroatoms. The number of hydrogen-bond donors (Lipinski definition) is 1.